The first kappa shape index (κ1) is 16.1. The number of hydrogen-bond donors (Lipinski definition) is 1. The standard InChI is InChI=1S/C17H26N4O2/c1-13-11-21(12-14(2)23-13)17(22)19-10-15-5-6-16(18-9-15)20-7-3-4-8-20/h5-6,9,13-14H,3-4,7-8,10-12H2,1-2H3,(H,19,22). The van der Waals surface area contributed by atoms with Crippen LogP contribution in [0.25, 0.3) is 0 Å². The molecular weight excluding hydrogens is 292 g/mol. The lowest BCUT2D eigenvalue weighted by Gasteiger charge is -2.35. The fourth-order valence-electron chi connectivity index (χ4n) is 3.29. The summed E-state index contributed by atoms with van der Waals surface area (Å²) in [7, 11) is 0. The summed E-state index contributed by atoms with van der Waals surface area (Å²) in [5.41, 5.74) is 1.02. The largest absolute Gasteiger partial charge is 0.372 e. The van der Waals surface area contributed by atoms with E-state index in [1.54, 1.807) is 0 Å². The molecule has 0 aliphatic carbocycles. The number of rotatable bonds is 3. The Balaban J connectivity index is 1.50. The highest BCUT2D eigenvalue weighted by molar-refractivity contribution is 5.74. The Morgan fingerprint density at radius 2 is 1.96 bits per heavy atom. The summed E-state index contributed by atoms with van der Waals surface area (Å²) in [6.07, 6.45) is 4.53. The summed E-state index contributed by atoms with van der Waals surface area (Å²) in [5.74, 6) is 1.04. The SMILES string of the molecule is CC1CN(C(=O)NCc2ccc(N3CCCC3)nc2)CC(C)O1. The number of ether oxygens (including phenoxy) is 1. The van der Waals surface area contributed by atoms with Crippen molar-refractivity contribution in [3.63, 3.8) is 0 Å². The zero-order chi connectivity index (χ0) is 16.2. The van der Waals surface area contributed by atoms with Gasteiger partial charge in [0.05, 0.1) is 12.2 Å². The molecule has 1 N–H and O–H groups in total. The van der Waals surface area contributed by atoms with Crippen LogP contribution in [0.15, 0.2) is 18.3 Å². The minimum absolute atomic E-state index is 0.0318. The predicted molar refractivity (Wildman–Crippen MR) is 89.5 cm³/mol. The van der Waals surface area contributed by atoms with Crippen LogP contribution in [0.5, 0.6) is 0 Å². The molecule has 3 heterocycles. The first-order chi connectivity index (χ1) is 11.1. The molecule has 2 fully saturated rings. The van der Waals surface area contributed by atoms with Gasteiger partial charge in [0.1, 0.15) is 5.82 Å². The van der Waals surface area contributed by atoms with E-state index in [2.05, 4.69) is 15.2 Å². The van der Waals surface area contributed by atoms with Gasteiger partial charge < -0.3 is 19.9 Å². The first-order valence-corrected chi connectivity index (χ1v) is 8.50. The van der Waals surface area contributed by atoms with Crippen LogP contribution in [0.1, 0.15) is 32.3 Å². The number of urea groups is 1. The van der Waals surface area contributed by atoms with Crippen LogP contribution >= 0.6 is 0 Å². The van der Waals surface area contributed by atoms with Crippen molar-refractivity contribution in [2.24, 2.45) is 0 Å². The van der Waals surface area contributed by atoms with Crippen molar-refractivity contribution in [2.45, 2.75) is 45.4 Å². The van der Waals surface area contributed by atoms with E-state index >= 15 is 0 Å². The van der Waals surface area contributed by atoms with Crippen LogP contribution in [0.4, 0.5) is 10.6 Å². The van der Waals surface area contributed by atoms with Gasteiger partial charge in [0.25, 0.3) is 0 Å². The number of hydrogen-bond acceptors (Lipinski definition) is 4. The number of pyridine rings is 1. The average molecular weight is 318 g/mol. The van der Waals surface area contributed by atoms with Gasteiger partial charge in [0.2, 0.25) is 0 Å². The number of anilines is 1. The van der Waals surface area contributed by atoms with Gasteiger partial charge in [-0.25, -0.2) is 9.78 Å². The molecule has 6 nitrogen and oxygen atoms in total. The lowest BCUT2D eigenvalue weighted by atomic mass is 10.2. The number of aromatic nitrogens is 1. The summed E-state index contributed by atoms with van der Waals surface area (Å²) in [5, 5.41) is 2.98. The second kappa shape index (κ2) is 7.17. The molecule has 1 aromatic heterocycles. The fraction of sp³-hybridized carbons (Fsp3) is 0.647. The average Bonchev–Trinajstić information content (AvgIpc) is 3.06. The zero-order valence-corrected chi connectivity index (χ0v) is 14.0. The molecule has 1 aromatic rings. The van der Waals surface area contributed by atoms with Crippen LogP contribution in [-0.4, -0.2) is 54.3 Å². The Bertz CT molecular complexity index is 518. The maximum Gasteiger partial charge on any atom is 0.317 e. The molecule has 23 heavy (non-hydrogen) atoms. The Morgan fingerprint density at radius 1 is 1.26 bits per heavy atom. The highest BCUT2D eigenvalue weighted by atomic mass is 16.5. The maximum atomic E-state index is 12.3. The van der Waals surface area contributed by atoms with Gasteiger partial charge in [-0.3, -0.25) is 0 Å². The molecule has 6 heteroatoms. The van der Waals surface area contributed by atoms with Gasteiger partial charge in [-0.05, 0) is 38.3 Å². The van der Waals surface area contributed by atoms with Crippen LogP contribution < -0.4 is 10.2 Å². The van der Waals surface area contributed by atoms with E-state index < -0.39 is 0 Å². The molecule has 0 bridgehead atoms. The van der Waals surface area contributed by atoms with Gasteiger partial charge in [-0.2, -0.15) is 0 Å². The van der Waals surface area contributed by atoms with Crippen molar-refractivity contribution in [3.05, 3.63) is 23.9 Å². The summed E-state index contributed by atoms with van der Waals surface area (Å²) >= 11 is 0. The summed E-state index contributed by atoms with van der Waals surface area (Å²) < 4.78 is 5.65. The number of morpholine rings is 1. The second-order valence-corrected chi connectivity index (χ2v) is 6.54. The Morgan fingerprint density at radius 3 is 2.57 bits per heavy atom. The third-order valence-electron chi connectivity index (χ3n) is 4.39. The summed E-state index contributed by atoms with van der Waals surface area (Å²) in [4.78, 5) is 20.9. The normalized spacial score (nSPS) is 24.8. The molecule has 0 saturated carbocycles. The van der Waals surface area contributed by atoms with E-state index in [4.69, 9.17) is 4.74 Å². The fourth-order valence-corrected chi connectivity index (χ4v) is 3.29. The van der Waals surface area contributed by atoms with Crippen molar-refractivity contribution in [2.75, 3.05) is 31.1 Å². The lowest BCUT2D eigenvalue weighted by molar-refractivity contribution is -0.0545. The number of nitrogens with one attached hydrogen (secondary N) is 1. The predicted octanol–water partition coefficient (Wildman–Crippen LogP) is 2.00. The van der Waals surface area contributed by atoms with Gasteiger partial charge in [-0.1, -0.05) is 6.07 Å². The van der Waals surface area contributed by atoms with Gasteiger partial charge in [-0.15, -0.1) is 0 Å². The van der Waals surface area contributed by atoms with Crippen LogP contribution in [0.2, 0.25) is 0 Å². The number of carbonyl (C=O) groups is 1. The van der Waals surface area contributed by atoms with E-state index in [-0.39, 0.29) is 18.2 Å². The molecule has 2 amide bonds. The third kappa shape index (κ3) is 4.13. The van der Waals surface area contributed by atoms with Gasteiger partial charge in [0.15, 0.2) is 0 Å². The van der Waals surface area contributed by atoms with E-state index in [1.165, 1.54) is 12.8 Å². The van der Waals surface area contributed by atoms with Crippen molar-refractivity contribution in [1.82, 2.24) is 15.2 Å². The number of amides is 2. The molecule has 2 unspecified atom stereocenters. The Labute approximate surface area is 137 Å². The second-order valence-electron chi connectivity index (χ2n) is 6.54. The maximum absolute atomic E-state index is 12.3. The van der Waals surface area contributed by atoms with Crippen molar-refractivity contribution < 1.29 is 9.53 Å². The summed E-state index contributed by atoms with van der Waals surface area (Å²) in [6, 6.07) is 4.06. The monoisotopic (exact) mass is 318 g/mol. The molecule has 2 aliphatic heterocycles. The highest BCUT2D eigenvalue weighted by Gasteiger charge is 2.25. The molecule has 126 valence electrons. The van der Waals surface area contributed by atoms with E-state index in [0.717, 1.165) is 24.5 Å². The van der Waals surface area contributed by atoms with Gasteiger partial charge in [0, 0.05) is 38.9 Å². The first-order valence-electron chi connectivity index (χ1n) is 8.50. The molecule has 0 radical (unpaired) electrons. The third-order valence-corrected chi connectivity index (χ3v) is 4.39. The number of nitrogens with zero attached hydrogens (tertiary/aromatic N) is 3. The smallest absolute Gasteiger partial charge is 0.317 e. The van der Waals surface area contributed by atoms with Crippen LogP contribution in [-0.2, 0) is 11.3 Å². The highest BCUT2D eigenvalue weighted by Crippen LogP contribution is 2.17. The molecular formula is C17H26N4O2. The van der Waals surface area contributed by atoms with Crippen molar-refractivity contribution >= 4 is 11.8 Å². The van der Waals surface area contributed by atoms with Crippen molar-refractivity contribution in [3.8, 4) is 0 Å². The quantitative estimate of drug-likeness (QED) is 0.926. The minimum Gasteiger partial charge on any atom is -0.372 e. The molecule has 0 aromatic carbocycles. The van der Waals surface area contributed by atoms with E-state index in [0.29, 0.717) is 19.6 Å². The Kier molecular flexibility index (Phi) is 5.00. The Hall–Kier alpha value is -1.82. The molecule has 0 spiro atoms. The minimum atomic E-state index is -0.0318. The van der Waals surface area contributed by atoms with Crippen LogP contribution in [0.3, 0.4) is 0 Å². The van der Waals surface area contributed by atoms with E-state index in [1.807, 2.05) is 37.1 Å². The lowest BCUT2D eigenvalue weighted by Crippen LogP contribution is -2.51. The number of carbonyl (C=O) groups excluding carboxylic acids is 1. The molecule has 2 aliphatic rings. The molecule has 2 atom stereocenters. The van der Waals surface area contributed by atoms with Gasteiger partial charge >= 0.3 is 6.03 Å². The van der Waals surface area contributed by atoms with Crippen molar-refractivity contribution in [1.29, 1.82) is 0 Å². The zero-order valence-electron chi connectivity index (χ0n) is 14.0. The summed E-state index contributed by atoms with van der Waals surface area (Å²) in [6.45, 7) is 7.97. The topological polar surface area (TPSA) is 57.7 Å². The van der Waals surface area contributed by atoms with Crippen LogP contribution in [0, 0.1) is 0 Å². The van der Waals surface area contributed by atoms with E-state index in [9.17, 15) is 4.79 Å². The molecule has 3 rings (SSSR count). The molecule has 2 saturated heterocycles.